The molecule has 0 bridgehead atoms. The maximum atomic E-state index is 6.07. The molecule has 3 atom stereocenters. The Hall–Kier alpha value is -0.160. The Kier molecular flexibility index (Phi) is 8.39. The number of hydrogen-bond acceptors (Lipinski definition) is 4. The molecule has 0 aromatic rings. The van der Waals surface area contributed by atoms with Gasteiger partial charge in [0.25, 0.3) is 0 Å². The van der Waals surface area contributed by atoms with E-state index in [1.807, 2.05) is 0 Å². The van der Waals surface area contributed by atoms with Crippen molar-refractivity contribution in [3.05, 3.63) is 0 Å². The molecule has 4 heteroatoms. The van der Waals surface area contributed by atoms with E-state index in [1.165, 1.54) is 6.42 Å². The minimum Gasteiger partial charge on any atom is -0.228 e. The second-order valence-corrected chi connectivity index (χ2v) is 9.48. The van der Waals surface area contributed by atoms with Crippen LogP contribution in [-0.2, 0) is 19.6 Å². The van der Waals surface area contributed by atoms with Crippen molar-refractivity contribution >= 4 is 0 Å². The quantitative estimate of drug-likeness (QED) is 0.256. The van der Waals surface area contributed by atoms with E-state index < -0.39 is 5.79 Å². The van der Waals surface area contributed by atoms with E-state index in [2.05, 4.69) is 62.3 Å². The van der Waals surface area contributed by atoms with Crippen molar-refractivity contribution in [1.29, 1.82) is 0 Å². The Morgan fingerprint density at radius 2 is 1.28 bits per heavy atom. The summed E-state index contributed by atoms with van der Waals surface area (Å²) in [6, 6.07) is 0. The molecule has 0 N–H and O–H groups in total. The molecule has 0 aliphatic heterocycles. The van der Waals surface area contributed by atoms with Crippen LogP contribution >= 0.6 is 0 Å². The molecule has 0 radical (unpaired) electrons. The van der Waals surface area contributed by atoms with Crippen molar-refractivity contribution in [2.24, 2.45) is 17.8 Å². The minimum absolute atomic E-state index is 0.193. The van der Waals surface area contributed by atoms with Gasteiger partial charge in [0.1, 0.15) is 0 Å². The maximum absolute atomic E-state index is 6.07. The third-order valence-electron chi connectivity index (χ3n) is 5.48. The third-order valence-corrected chi connectivity index (χ3v) is 5.48. The highest BCUT2D eigenvalue weighted by Crippen LogP contribution is 2.45. The van der Waals surface area contributed by atoms with Crippen molar-refractivity contribution in [2.75, 3.05) is 0 Å². The van der Waals surface area contributed by atoms with Crippen LogP contribution in [0.5, 0.6) is 0 Å². The summed E-state index contributed by atoms with van der Waals surface area (Å²) in [6.07, 6.45) is 5.92. The summed E-state index contributed by atoms with van der Waals surface area (Å²) in [5.41, 5.74) is -0.679. The Morgan fingerprint density at radius 3 is 1.68 bits per heavy atom. The van der Waals surface area contributed by atoms with Gasteiger partial charge in [0.2, 0.25) is 5.79 Å². The van der Waals surface area contributed by atoms with Crippen molar-refractivity contribution in [3.8, 4) is 0 Å². The van der Waals surface area contributed by atoms with E-state index in [4.69, 9.17) is 19.6 Å². The summed E-state index contributed by atoms with van der Waals surface area (Å²) in [4.78, 5) is 23.9. The lowest BCUT2D eigenvalue weighted by molar-refractivity contribution is -0.561. The molecular formula is C21H42O4. The highest BCUT2D eigenvalue weighted by molar-refractivity contribution is 4.87. The molecule has 1 rings (SSSR count). The molecule has 3 unspecified atom stereocenters. The van der Waals surface area contributed by atoms with Gasteiger partial charge in [0.05, 0.1) is 11.2 Å². The second kappa shape index (κ2) is 9.16. The van der Waals surface area contributed by atoms with Crippen LogP contribution in [-0.4, -0.2) is 17.0 Å². The van der Waals surface area contributed by atoms with Crippen molar-refractivity contribution in [2.45, 2.75) is 118 Å². The van der Waals surface area contributed by atoms with Crippen LogP contribution in [0.25, 0.3) is 0 Å². The van der Waals surface area contributed by atoms with Crippen LogP contribution < -0.4 is 0 Å². The first kappa shape index (κ1) is 22.9. The van der Waals surface area contributed by atoms with Crippen LogP contribution in [0.3, 0.4) is 0 Å². The van der Waals surface area contributed by atoms with Crippen LogP contribution in [0.4, 0.5) is 0 Å². The van der Waals surface area contributed by atoms with Gasteiger partial charge in [-0.25, -0.2) is 9.78 Å². The van der Waals surface area contributed by atoms with Crippen LogP contribution in [0, 0.1) is 17.8 Å². The van der Waals surface area contributed by atoms with E-state index in [0.29, 0.717) is 11.8 Å². The van der Waals surface area contributed by atoms with Crippen molar-refractivity contribution < 1.29 is 19.6 Å². The average molecular weight is 359 g/mol. The maximum Gasteiger partial charge on any atom is 0.237 e. The zero-order chi connectivity index (χ0) is 19.3. The molecule has 150 valence electrons. The fourth-order valence-corrected chi connectivity index (χ4v) is 3.92. The fourth-order valence-electron chi connectivity index (χ4n) is 3.92. The normalized spacial score (nSPS) is 27.5. The lowest BCUT2D eigenvalue weighted by atomic mass is 9.72. The molecule has 0 aromatic heterocycles. The standard InChI is InChI=1S/C21H42O4/c1-10-12-19(6,7)22-24-21(25-23-20(8,9)13-11-2)15-16(3)14-17(4)18(21)5/h16-18H,10-15H2,1-9H3. The highest BCUT2D eigenvalue weighted by atomic mass is 17.3. The number of rotatable bonds is 10. The van der Waals surface area contributed by atoms with Crippen LogP contribution in [0.1, 0.15) is 101 Å². The molecule has 1 saturated carbocycles. The van der Waals surface area contributed by atoms with E-state index in [-0.39, 0.29) is 17.1 Å². The first-order valence-corrected chi connectivity index (χ1v) is 10.2. The Bertz CT molecular complexity index is 369. The van der Waals surface area contributed by atoms with E-state index in [0.717, 1.165) is 32.1 Å². The smallest absolute Gasteiger partial charge is 0.228 e. The molecule has 0 heterocycles. The molecule has 0 spiro atoms. The molecular weight excluding hydrogens is 316 g/mol. The fraction of sp³-hybridized carbons (Fsp3) is 1.00. The molecule has 1 aliphatic rings. The van der Waals surface area contributed by atoms with Crippen LogP contribution in [0.15, 0.2) is 0 Å². The molecule has 1 fully saturated rings. The largest absolute Gasteiger partial charge is 0.237 e. The molecule has 25 heavy (non-hydrogen) atoms. The van der Waals surface area contributed by atoms with Gasteiger partial charge >= 0.3 is 0 Å². The van der Waals surface area contributed by atoms with E-state index >= 15 is 0 Å². The molecule has 0 amide bonds. The lowest BCUT2D eigenvalue weighted by Gasteiger charge is -2.46. The molecule has 4 nitrogen and oxygen atoms in total. The summed E-state index contributed by atoms with van der Waals surface area (Å²) in [6.45, 7) is 19.2. The zero-order valence-corrected chi connectivity index (χ0v) is 18.1. The van der Waals surface area contributed by atoms with Crippen molar-refractivity contribution in [3.63, 3.8) is 0 Å². The van der Waals surface area contributed by atoms with E-state index in [9.17, 15) is 0 Å². The van der Waals surface area contributed by atoms with Gasteiger partial charge in [-0.15, -0.1) is 0 Å². The molecule has 0 aromatic carbocycles. The molecule has 1 aliphatic carbocycles. The number of hydrogen-bond donors (Lipinski definition) is 0. The van der Waals surface area contributed by atoms with Gasteiger partial charge in [-0.3, -0.25) is 0 Å². The summed E-state index contributed by atoms with van der Waals surface area (Å²) in [7, 11) is 0. The topological polar surface area (TPSA) is 36.9 Å². The first-order valence-electron chi connectivity index (χ1n) is 10.2. The van der Waals surface area contributed by atoms with Gasteiger partial charge in [0.15, 0.2) is 0 Å². The zero-order valence-electron chi connectivity index (χ0n) is 18.1. The first-order chi connectivity index (χ1) is 11.5. The molecule has 0 saturated heterocycles. The lowest BCUT2D eigenvalue weighted by Crippen LogP contribution is -2.52. The van der Waals surface area contributed by atoms with Gasteiger partial charge in [0, 0.05) is 12.3 Å². The van der Waals surface area contributed by atoms with Crippen LogP contribution in [0.2, 0.25) is 0 Å². The summed E-state index contributed by atoms with van der Waals surface area (Å²) in [5.74, 6) is 0.327. The Morgan fingerprint density at radius 1 is 0.840 bits per heavy atom. The SMILES string of the molecule is CCCC(C)(C)OOC1(OOC(C)(C)CCC)CC(C)CC(C)C1C. The Labute approximate surface area is 155 Å². The monoisotopic (exact) mass is 358 g/mol. The van der Waals surface area contributed by atoms with Gasteiger partial charge in [-0.05, 0) is 58.8 Å². The summed E-state index contributed by atoms with van der Waals surface area (Å²) in [5, 5.41) is 0. The Balaban J connectivity index is 2.93. The van der Waals surface area contributed by atoms with E-state index in [1.54, 1.807) is 0 Å². The predicted molar refractivity (Wildman–Crippen MR) is 102 cm³/mol. The summed E-state index contributed by atoms with van der Waals surface area (Å²) < 4.78 is 0. The average Bonchev–Trinajstić information content (AvgIpc) is 2.48. The van der Waals surface area contributed by atoms with Crippen molar-refractivity contribution in [1.82, 2.24) is 0 Å². The van der Waals surface area contributed by atoms with Gasteiger partial charge in [-0.2, -0.15) is 9.78 Å². The second-order valence-electron chi connectivity index (χ2n) is 9.48. The predicted octanol–water partition coefficient (Wildman–Crippen LogP) is 6.44. The van der Waals surface area contributed by atoms with Gasteiger partial charge in [-0.1, -0.05) is 47.5 Å². The summed E-state index contributed by atoms with van der Waals surface area (Å²) >= 11 is 0. The minimum atomic E-state index is -0.854. The third kappa shape index (κ3) is 6.82. The van der Waals surface area contributed by atoms with Gasteiger partial charge < -0.3 is 0 Å². The highest BCUT2D eigenvalue weighted by Gasteiger charge is 2.50.